The first kappa shape index (κ1) is 16.8. The molecule has 1 aliphatic heterocycles. The molecule has 6 heteroatoms. The van der Waals surface area contributed by atoms with E-state index in [1.165, 1.54) is 19.3 Å². The molecule has 3 rings (SSSR count). The lowest BCUT2D eigenvalue weighted by atomic mass is 10.0. The molecule has 1 atom stereocenters. The van der Waals surface area contributed by atoms with Gasteiger partial charge in [-0.2, -0.15) is 4.98 Å². The number of hydrogen-bond donors (Lipinski definition) is 0. The largest absolute Gasteiger partial charge is 0.493 e. The Morgan fingerprint density at radius 1 is 1.21 bits per heavy atom. The number of aromatic nitrogens is 2. The molecule has 1 aliphatic rings. The van der Waals surface area contributed by atoms with Crippen LogP contribution in [0.4, 0.5) is 0 Å². The van der Waals surface area contributed by atoms with Gasteiger partial charge in [-0.1, -0.05) is 18.5 Å². The highest BCUT2D eigenvalue weighted by atomic mass is 16.5. The molecule has 0 amide bonds. The summed E-state index contributed by atoms with van der Waals surface area (Å²) in [6, 6.07) is 6.24. The van der Waals surface area contributed by atoms with Crippen LogP contribution in [0.3, 0.4) is 0 Å². The molecule has 1 fully saturated rings. The van der Waals surface area contributed by atoms with Crippen LogP contribution in [-0.2, 0) is 6.54 Å². The zero-order chi connectivity index (χ0) is 16.9. The maximum absolute atomic E-state index is 5.47. The molecule has 1 aromatic heterocycles. The minimum atomic E-state index is 0.580. The smallest absolute Gasteiger partial charge is 0.241 e. The summed E-state index contributed by atoms with van der Waals surface area (Å²) in [6.07, 6.45) is 4.98. The van der Waals surface area contributed by atoms with E-state index in [4.69, 9.17) is 14.0 Å². The van der Waals surface area contributed by atoms with Crippen molar-refractivity contribution in [1.82, 2.24) is 15.0 Å². The minimum absolute atomic E-state index is 0.580. The average Bonchev–Trinajstić information content (AvgIpc) is 3.10. The van der Waals surface area contributed by atoms with Crippen molar-refractivity contribution in [2.45, 2.75) is 45.2 Å². The van der Waals surface area contributed by atoms with Crippen LogP contribution in [0.5, 0.6) is 11.5 Å². The van der Waals surface area contributed by atoms with Gasteiger partial charge in [-0.15, -0.1) is 0 Å². The Labute approximate surface area is 142 Å². The van der Waals surface area contributed by atoms with Gasteiger partial charge < -0.3 is 14.0 Å². The fourth-order valence-corrected chi connectivity index (χ4v) is 3.32. The SMILES string of the molecule is CCC1CCCCN1Cc1nc(-c2ccc(OC)c(OC)c2)no1. The lowest BCUT2D eigenvalue weighted by molar-refractivity contribution is 0.120. The third-order valence-corrected chi connectivity index (χ3v) is 4.67. The third kappa shape index (κ3) is 3.53. The van der Waals surface area contributed by atoms with Crippen LogP contribution in [0.1, 0.15) is 38.5 Å². The van der Waals surface area contributed by atoms with Crippen molar-refractivity contribution in [1.29, 1.82) is 0 Å². The Bertz CT molecular complexity index is 671. The van der Waals surface area contributed by atoms with Crippen molar-refractivity contribution in [3.63, 3.8) is 0 Å². The van der Waals surface area contributed by atoms with Crippen molar-refractivity contribution < 1.29 is 14.0 Å². The van der Waals surface area contributed by atoms with E-state index >= 15 is 0 Å². The Morgan fingerprint density at radius 3 is 2.79 bits per heavy atom. The summed E-state index contributed by atoms with van der Waals surface area (Å²) >= 11 is 0. The molecular weight excluding hydrogens is 306 g/mol. The molecule has 0 saturated carbocycles. The number of methoxy groups -OCH3 is 2. The van der Waals surface area contributed by atoms with Crippen LogP contribution in [0.2, 0.25) is 0 Å². The number of nitrogens with zero attached hydrogens (tertiary/aromatic N) is 3. The standard InChI is InChI=1S/C18H25N3O3/c1-4-14-7-5-6-10-21(14)12-17-19-18(20-24-17)13-8-9-15(22-2)16(11-13)23-3/h8-9,11,14H,4-7,10,12H2,1-3H3. The molecule has 0 radical (unpaired) electrons. The first-order valence-corrected chi connectivity index (χ1v) is 8.54. The Balaban J connectivity index is 1.75. The summed E-state index contributed by atoms with van der Waals surface area (Å²) in [4.78, 5) is 7.01. The number of likely N-dealkylation sites (tertiary alicyclic amines) is 1. The summed E-state index contributed by atoms with van der Waals surface area (Å²) in [5.74, 6) is 2.59. The van der Waals surface area contributed by atoms with E-state index < -0.39 is 0 Å². The second-order valence-corrected chi connectivity index (χ2v) is 6.11. The highest BCUT2D eigenvalue weighted by Crippen LogP contribution is 2.31. The van der Waals surface area contributed by atoms with Gasteiger partial charge in [0.25, 0.3) is 0 Å². The van der Waals surface area contributed by atoms with Crippen LogP contribution >= 0.6 is 0 Å². The quantitative estimate of drug-likeness (QED) is 0.807. The maximum atomic E-state index is 5.47. The topological polar surface area (TPSA) is 60.6 Å². The maximum Gasteiger partial charge on any atom is 0.241 e. The van der Waals surface area contributed by atoms with Gasteiger partial charge >= 0.3 is 0 Å². The molecule has 0 spiro atoms. The van der Waals surface area contributed by atoms with Crippen molar-refractivity contribution in [3.05, 3.63) is 24.1 Å². The van der Waals surface area contributed by atoms with Gasteiger partial charge in [-0.05, 0) is 44.0 Å². The number of benzene rings is 1. The van der Waals surface area contributed by atoms with Crippen molar-refractivity contribution in [2.24, 2.45) is 0 Å². The van der Waals surface area contributed by atoms with Crippen LogP contribution in [0.25, 0.3) is 11.4 Å². The van der Waals surface area contributed by atoms with Crippen LogP contribution < -0.4 is 9.47 Å². The molecule has 1 unspecified atom stereocenters. The normalized spacial score (nSPS) is 18.5. The van der Waals surface area contributed by atoms with Crippen LogP contribution in [-0.4, -0.2) is 41.8 Å². The molecule has 1 saturated heterocycles. The van der Waals surface area contributed by atoms with E-state index in [1.54, 1.807) is 14.2 Å². The molecule has 0 N–H and O–H groups in total. The van der Waals surface area contributed by atoms with E-state index in [0.717, 1.165) is 25.1 Å². The highest BCUT2D eigenvalue weighted by molar-refractivity contribution is 5.60. The lowest BCUT2D eigenvalue weighted by Gasteiger charge is -2.33. The number of hydrogen-bond acceptors (Lipinski definition) is 6. The van der Waals surface area contributed by atoms with Crippen LogP contribution in [0, 0.1) is 0 Å². The zero-order valence-corrected chi connectivity index (χ0v) is 14.6. The summed E-state index contributed by atoms with van der Waals surface area (Å²) < 4.78 is 16.1. The van der Waals surface area contributed by atoms with Gasteiger partial charge in [0.05, 0.1) is 20.8 Å². The van der Waals surface area contributed by atoms with Crippen molar-refractivity contribution >= 4 is 0 Å². The van der Waals surface area contributed by atoms with Crippen molar-refractivity contribution in [2.75, 3.05) is 20.8 Å². The molecule has 1 aromatic carbocycles. The van der Waals surface area contributed by atoms with Crippen LogP contribution in [0.15, 0.2) is 22.7 Å². The van der Waals surface area contributed by atoms with Crippen molar-refractivity contribution in [3.8, 4) is 22.9 Å². The lowest BCUT2D eigenvalue weighted by Crippen LogP contribution is -2.38. The Kier molecular flexibility index (Phi) is 5.35. The Morgan fingerprint density at radius 2 is 2.04 bits per heavy atom. The van der Waals surface area contributed by atoms with E-state index in [9.17, 15) is 0 Å². The number of ether oxygens (including phenoxy) is 2. The fourth-order valence-electron chi connectivity index (χ4n) is 3.32. The molecule has 2 heterocycles. The molecule has 2 aromatic rings. The minimum Gasteiger partial charge on any atom is -0.493 e. The van der Waals surface area contributed by atoms with Gasteiger partial charge in [0, 0.05) is 11.6 Å². The van der Waals surface area contributed by atoms with Gasteiger partial charge in [-0.25, -0.2) is 0 Å². The molecule has 130 valence electrons. The molecule has 24 heavy (non-hydrogen) atoms. The predicted molar refractivity (Wildman–Crippen MR) is 91.2 cm³/mol. The van der Waals surface area contributed by atoms with E-state index in [1.807, 2.05) is 18.2 Å². The second kappa shape index (κ2) is 7.66. The number of piperidine rings is 1. The third-order valence-electron chi connectivity index (χ3n) is 4.67. The molecule has 6 nitrogen and oxygen atoms in total. The van der Waals surface area contributed by atoms with E-state index in [2.05, 4.69) is 22.0 Å². The molecule has 0 bridgehead atoms. The number of rotatable bonds is 6. The van der Waals surface area contributed by atoms with Gasteiger partial charge in [0.2, 0.25) is 11.7 Å². The monoisotopic (exact) mass is 331 g/mol. The first-order chi connectivity index (χ1) is 11.7. The Hall–Kier alpha value is -2.08. The first-order valence-electron chi connectivity index (χ1n) is 8.54. The molecule has 0 aliphatic carbocycles. The fraction of sp³-hybridized carbons (Fsp3) is 0.556. The predicted octanol–water partition coefficient (Wildman–Crippen LogP) is 3.52. The summed E-state index contributed by atoms with van der Waals surface area (Å²) in [6.45, 7) is 4.07. The van der Waals surface area contributed by atoms with E-state index in [-0.39, 0.29) is 0 Å². The molecular formula is C18H25N3O3. The van der Waals surface area contributed by atoms with Gasteiger partial charge in [-0.3, -0.25) is 4.90 Å². The highest BCUT2D eigenvalue weighted by Gasteiger charge is 2.23. The van der Waals surface area contributed by atoms with Gasteiger partial charge in [0.15, 0.2) is 11.5 Å². The average molecular weight is 331 g/mol. The summed E-state index contributed by atoms with van der Waals surface area (Å²) in [5.41, 5.74) is 0.855. The second-order valence-electron chi connectivity index (χ2n) is 6.11. The summed E-state index contributed by atoms with van der Waals surface area (Å²) in [5, 5.41) is 4.12. The summed E-state index contributed by atoms with van der Waals surface area (Å²) in [7, 11) is 3.23. The van der Waals surface area contributed by atoms with Gasteiger partial charge in [0.1, 0.15) is 0 Å². The van der Waals surface area contributed by atoms with E-state index in [0.29, 0.717) is 29.3 Å². The zero-order valence-electron chi connectivity index (χ0n) is 14.6.